The van der Waals surface area contributed by atoms with Crippen molar-refractivity contribution in [1.82, 2.24) is 31.5 Å². The molecule has 3 amide bonds. The summed E-state index contributed by atoms with van der Waals surface area (Å²) in [6.45, 7) is 5.49. The number of carbonyl (C=O) groups is 3. The Balaban J connectivity index is 3.86. The molecule has 162 valence electrons. The normalized spacial score (nSPS) is 11.0. The Hall–Kier alpha value is -2.04. The van der Waals surface area contributed by atoms with Gasteiger partial charge < -0.3 is 26.6 Å². The van der Waals surface area contributed by atoms with Crippen molar-refractivity contribution in [1.29, 1.82) is 0 Å². The molecule has 28 heavy (non-hydrogen) atoms. The lowest BCUT2D eigenvalue weighted by Gasteiger charge is -2.19. The second-order valence-electron chi connectivity index (χ2n) is 6.16. The average Bonchev–Trinajstić information content (AvgIpc) is 2.72. The van der Waals surface area contributed by atoms with Crippen molar-refractivity contribution >= 4 is 23.9 Å². The summed E-state index contributed by atoms with van der Waals surface area (Å²) in [5, 5.41) is 14.3. The molecular weight excluding hydrogens is 362 g/mol. The summed E-state index contributed by atoms with van der Waals surface area (Å²) in [7, 11) is 4.86. The number of nitrogens with zero attached hydrogens (tertiary/aromatic N) is 2. The van der Waals surface area contributed by atoms with Crippen LogP contribution in [0.25, 0.3) is 0 Å². The molecule has 0 saturated heterocycles. The molecule has 0 saturated carbocycles. The highest BCUT2D eigenvalue weighted by atomic mass is 16.2. The molecule has 0 aliphatic heterocycles. The van der Waals surface area contributed by atoms with E-state index < -0.39 is 0 Å². The van der Waals surface area contributed by atoms with E-state index in [1.54, 1.807) is 21.1 Å². The summed E-state index contributed by atoms with van der Waals surface area (Å²) in [5.41, 5.74) is 0. The minimum atomic E-state index is -0.0185. The summed E-state index contributed by atoms with van der Waals surface area (Å²) < 4.78 is 0. The van der Waals surface area contributed by atoms with Crippen LogP contribution in [-0.4, -0.2) is 102 Å². The van der Waals surface area contributed by atoms with Crippen LogP contribution >= 0.6 is 0 Å². The van der Waals surface area contributed by atoms with E-state index in [0.717, 1.165) is 19.6 Å². The second kappa shape index (κ2) is 18.3. The first-order valence-corrected chi connectivity index (χ1v) is 9.77. The van der Waals surface area contributed by atoms with E-state index in [4.69, 9.17) is 0 Å². The fraction of sp³-hybridized carbons (Fsp3) is 0.778. The molecule has 0 unspecified atom stereocenters. The third-order valence-electron chi connectivity index (χ3n) is 4.04. The van der Waals surface area contributed by atoms with Gasteiger partial charge in [-0.15, -0.1) is 0 Å². The Labute approximate surface area is 168 Å². The number of hydrogen-bond donors (Lipinski definition) is 5. The van der Waals surface area contributed by atoms with E-state index in [1.165, 1.54) is 0 Å². The van der Waals surface area contributed by atoms with Gasteiger partial charge in [-0.05, 0) is 0 Å². The minimum absolute atomic E-state index is 0.0185. The van der Waals surface area contributed by atoms with Crippen molar-refractivity contribution in [3.8, 4) is 0 Å². The van der Waals surface area contributed by atoms with Gasteiger partial charge in [-0.3, -0.25) is 24.3 Å². The lowest BCUT2D eigenvalue weighted by atomic mass is 10.3. The van der Waals surface area contributed by atoms with E-state index >= 15 is 0 Å². The topological polar surface area (TPSA) is 127 Å². The summed E-state index contributed by atoms with van der Waals surface area (Å²) in [4.78, 5) is 40.3. The van der Waals surface area contributed by atoms with Crippen molar-refractivity contribution in [3.05, 3.63) is 0 Å². The summed E-state index contributed by atoms with van der Waals surface area (Å²) >= 11 is 0. The van der Waals surface area contributed by atoms with E-state index in [9.17, 15) is 14.4 Å². The standard InChI is InChI=1S/C18H37N7O3/c1-19-16(26)4-7-22-8-9-23-10-11-24-12-15-25(13-5-17(27)20-2)14-6-18(28)21-3/h12,22-23H,4-11,13-15H2,1-3H3,(H,19,26)(H,20,27)(H,21,28). The maximum Gasteiger partial charge on any atom is 0.221 e. The van der Waals surface area contributed by atoms with Crippen LogP contribution in [0, 0.1) is 0 Å². The zero-order valence-corrected chi connectivity index (χ0v) is 17.5. The molecule has 0 aromatic carbocycles. The number of rotatable bonds is 17. The Kier molecular flexibility index (Phi) is 17.0. The van der Waals surface area contributed by atoms with Gasteiger partial charge in [0.25, 0.3) is 0 Å². The molecule has 10 heteroatoms. The van der Waals surface area contributed by atoms with Gasteiger partial charge in [0.15, 0.2) is 0 Å². The van der Waals surface area contributed by atoms with E-state index in [0.29, 0.717) is 52.0 Å². The first kappa shape index (κ1) is 26.0. The van der Waals surface area contributed by atoms with Crippen molar-refractivity contribution in [2.75, 3.05) is 73.5 Å². The Bertz CT molecular complexity index is 452. The SMILES string of the molecule is CNC(=O)CCNCCNCCN=CCN(CCC(=O)NC)CCC(=O)NC. The van der Waals surface area contributed by atoms with E-state index in [-0.39, 0.29) is 17.7 Å². The maximum atomic E-state index is 11.4. The second-order valence-corrected chi connectivity index (χ2v) is 6.16. The van der Waals surface area contributed by atoms with Crippen LogP contribution < -0.4 is 26.6 Å². The molecule has 10 nitrogen and oxygen atoms in total. The van der Waals surface area contributed by atoms with Crippen LogP contribution in [0.2, 0.25) is 0 Å². The van der Waals surface area contributed by atoms with E-state index in [2.05, 4.69) is 31.6 Å². The van der Waals surface area contributed by atoms with Gasteiger partial charge in [-0.1, -0.05) is 0 Å². The molecule has 0 radical (unpaired) electrons. The maximum absolute atomic E-state index is 11.4. The Morgan fingerprint density at radius 2 is 1.25 bits per heavy atom. The lowest BCUT2D eigenvalue weighted by molar-refractivity contribution is -0.121. The highest BCUT2D eigenvalue weighted by Gasteiger charge is 2.08. The highest BCUT2D eigenvalue weighted by molar-refractivity contribution is 5.76. The highest BCUT2D eigenvalue weighted by Crippen LogP contribution is 1.94. The molecule has 0 atom stereocenters. The first-order chi connectivity index (χ1) is 13.5. The molecule has 0 aromatic heterocycles. The predicted octanol–water partition coefficient (Wildman–Crippen LogP) is -2.05. The van der Waals surface area contributed by atoms with Gasteiger partial charge in [-0.2, -0.15) is 0 Å². The largest absolute Gasteiger partial charge is 0.359 e. The van der Waals surface area contributed by atoms with Gasteiger partial charge in [0.05, 0.1) is 6.54 Å². The van der Waals surface area contributed by atoms with Crippen molar-refractivity contribution in [2.45, 2.75) is 19.3 Å². The van der Waals surface area contributed by atoms with Crippen molar-refractivity contribution in [2.24, 2.45) is 4.99 Å². The predicted molar refractivity (Wildman–Crippen MR) is 112 cm³/mol. The van der Waals surface area contributed by atoms with Gasteiger partial charge in [0, 0.05) is 92.4 Å². The van der Waals surface area contributed by atoms with Gasteiger partial charge in [-0.25, -0.2) is 0 Å². The van der Waals surface area contributed by atoms with Crippen molar-refractivity contribution < 1.29 is 14.4 Å². The van der Waals surface area contributed by atoms with Crippen LogP contribution in [0.5, 0.6) is 0 Å². The van der Waals surface area contributed by atoms with Crippen molar-refractivity contribution in [3.63, 3.8) is 0 Å². The van der Waals surface area contributed by atoms with Gasteiger partial charge in [0.1, 0.15) is 0 Å². The fourth-order valence-electron chi connectivity index (χ4n) is 2.23. The fourth-order valence-corrected chi connectivity index (χ4v) is 2.23. The summed E-state index contributed by atoms with van der Waals surface area (Å²) in [5.74, 6) is -0.000449. The zero-order chi connectivity index (χ0) is 21.0. The first-order valence-electron chi connectivity index (χ1n) is 9.77. The zero-order valence-electron chi connectivity index (χ0n) is 17.5. The monoisotopic (exact) mass is 399 g/mol. The molecule has 0 heterocycles. The molecule has 0 aliphatic rings. The van der Waals surface area contributed by atoms with Crippen LogP contribution in [0.3, 0.4) is 0 Å². The number of nitrogens with one attached hydrogen (secondary N) is 5. The van der Waals surface area contributed by atoms with E-state index in [1.807, 2.05) is 11.1 Å². The molecule has 0 bridgehead atoms. The third-order valence-corrected chi connectivity index (χ3v) is 4.04. The molecule has 0 aliphatic carbocycles. The molecule has 0 aromatic rings. The van der Waals surface area contributed by atoms with Crippen LogP contribution in [0.4, 0.5) is 0 Å². The Morgan fingerprint density at radius 1 is 0.750 bits per heavy atom. The molecular formula is C18H37N7O3. The quantitative estimate of drug-likeness (QED) is 0.141. The molecule has 0 rings (SSSR count). The molecule has 0 fully saturated rings. The smallest absolute Gasteiger partial charge is 0.221 e. The van der Waals surface area contributed by atoms with Gasteiger partial charge in [0.2, 0.25) is 17.7 Å². The minimum Gasteiger partial charge on any atom is -0.359 e. The average molecular weight is 400 g/mol. The third kappa shape index (κ3) is 16.2. The number of amides is 3. The summed E-state index contributed by atoms with van der Waals surface area (Å²) in [6, 6.07) is 0. The van der Waals surface area contributed by atoms with Crippen LogP contribution in [0.1, 0.15) is 19.3 Å². The molecule has 0 spiro atoms. The number of aliphatic imine (C=N–C) groups is 1. The lowest BCUT2D eigenvalue weighted by Crippen LogP contribution is -2.34. The Morgan fingerprint density at radius 3 is 1.79 bits per heavy atom. The number of carbonyl (C=O) groups excluding carboxylic acids is 3. The van der Waals surface area contributed by atoms with Gasteiger partial charge >= 0.3 is 0 Å². The van der Waals surface area contributed by atoms with Crippen LogP contribution in [0.15, 0.2) is 4.99 Å². The van der Waals surface area contributed by atoms with Crippen LogP contribution in [-0.2, 0) is 14.4 Å². The number of hydrogen-bond acceptors (Lipinski definition) is 7. The summed E-state index contributed by atoms with van der Waals surface area (Å²) in [6.07, 6.45) is 3.10. The molecule has 5 N–H and O–H groups in total.